The molecule has 1 aliphatic heterocycles. The van der Waals surface area contributed by atoms with Gasteiger partial charge in [-0.25, -0.2) is 0 Å². The fourth-order valence-electron chi connectivity index (χ4n) is 1.75. The molecule has 0 amide bonds. The largest absolute Gasteiger partial charge is 0.380 e. The lowest BCUT2D eigenvalue weighted by atomic mass is 10.1. The van der Waals surface area contributed by atoms with Gasteiger partial charge in [0.2, 0.25) is 0 Å². The van der Waals surface area contributed by atoms with Gasteiger partial charge in [0.1, 0.15) is 0 Å². The summed E-state index contributed by atoms with van der Waals surface area (Å²) in [6, 6.07) is 2.48. The van der Waals surface area contributed by atoms with Crippen LogP contribution in [0.5, 0.6) is 0 Å². The molecule has 0 bridgehead atoms. The Morgan fingerprint density at radius 2 is 2.53 bits per heavy atom. The van der Waals surface area contributed by atoms with Crippen LogP contribution in [0.2, 0.25) is 0 Å². The molecule has 2 rings (SSSR count). The number of hydrogen-bond donors (Lipinski definition) is 1. The van der Waals surface area contributed by atoms with Gasteiger partial charge in [0.05, 0.1) is 18.8 Å². The molecule has 1 unspecified atom stereocenters. The maximum atomic E-state index is 5.39. The summed E-state index contributed by atoms with van der Waals surface area (Å²) in [5, 5.41) is 7.37. The van der Waals surface area contributed by atoms with E-state index in [2.05, 4.69) is 17.4 Å². The van der Waals surface area contributed by atoms with Crippen molar-refractivity contribution >= 4 is 0 Å². The average Bonchev–Trinajstić information content (AvgIpc) is 2.76. The van der Waals surface area contributed by atoms with E-state index < -0.39 is 0 Å². The van der Waals surface area contributed by atoms with E-state index in [1.807, 2.05) is 6.07 Å². The summed E-state index contributed by atoms with van der Waals surface area (Å²) in [5.41, 5.74) is 1.02. The quantitative estimate of drug-likeness (QED) is 0.818. The lowest BCUT2D eigenvalue weighted by molar-refractivity contribution is 0.0691. The van der Waals surface area contributed by atoms with Gasteiger partial charge in [0, 0.05) is 18.7 Å². The number of nitrogens with zero attached hydrogens (tertiary/aromatic N) is 1. The van der Waals surface area contributed by atoms with E-state index in [0.29, 0.717) is 6.04 Å². The Kier molecular flexibility index (Phi) is 3.75. The van der Waals surface area contributed by atoms with Gasteiger partial charge in [-0.05, 0) is 19.3 Å². The van der Waals surface area contributed by atoms with Crippen molar-refractivity contribution in [1.29, 1.82) is 0 Å². The summed E-state index contributed by atoms with van der Waals surface area (Å²) in [5.74, 6) is 0.914. The van der Waals surface area contributed by atoms with Crippen LogP contribution in [0.1, 0.15) is 31.2 Å². The first-order valence-corrected chi connectivity index (χ1v) is 5.64. The van der Waals surface area contributed by atoms with E-state index in [1.54, 1.807) is 0 Å². The van der Waals surface area contributed by atoms with Crippen molar-refractivity contribution in [1.82, 2.24) is 10.5 Å². The molecule has 4 nitrogen and oxygen atoms in total. The van der Waals surface area contributed by atoms with Gasteiger partial charge in [-0.3, -0.25) is 0 Å². The van der Waals surface area contributed by atoms with E-state index in [4.69, 9.17) is 9.26 Å². The van der Waals surface area contributed by atoms with Crippen molar-refractivity contribution in [3.8, 4) is 0 Å². The molecule has 0 saturated carbocycles. The molecule has 4 heteroatoms. The Balaban J connectivity index is 1.76. The fourth-order valence-corrected chi connectivity index (χ4v) is 1.75. The first kappa shape index (κ1) is 10.6. The fraction of sp³-hybridized carbons (Fsp3) is 0.727. The molecule has 1 aromatic heterocycles. The average molecular weight is 210 g/mol. The predicted molar refractivity (Wildman–Crippen MR) is 56.6 cm³/mol. The zero-order chi connectivity index (χ0) is 10.5. The van der Waals surface area contributed by atoms with E-state index in [1.165, 1.54) is 6.42 Å². The highest BCUT2D eigenvalue weighted by atomic mass is 16.5. The maximum absolute atomic E-state index is 5.39. The van der Waals surface area contributed by atoms with Crippen LogP contribution in [0.15, 0.2) is 10.6 Å². The minimum absolute atomic E-state index is 0.467. The lowest BCUT2D eigenvalue weighted by Gasteiger charge is -2.22. The first-order valence-electron chi connectivity index (χ1n) is 5.64. The molecule has 1 aliphatic rings. The van der Waals surface area contributed by atoms with Crippen LogP contribution in [0.3, 0.4) is 0 Å². The standard InChI is InChI=1S/C11H18N2O2/c1-2-9-6-11(15-13-9)7-12-10-4-3-5-14-8-10/h6,10,12H,2-5,7-8H2,1H3. The summed E-state index contributed by atoms with van der Waals surface area (Å²) < 4.78 is 10.6. The molecular formula is C11H18N2O2. The van der Waals surface area contributed by atoms with Gasteiger partial charge in [-0.15, -0.1) is 0 Å². The summed E-state index contributed by atoms with van der Waals surface area (Å²) >= 11 is 0. The van der Waals surface area contributed by atoms with Crippen molar-refractivity contribution in [2.24, 2.45) is 0 Å². The van der Waals surface area contributed by atoms with Crippen LogP contribution in [0, 0.1) is 0 Å². The molecule has 15 heavy (non-hydrogen) atoms. The third-order valence-corrected chi connectivity index (χ3v) is 2.70. The molecule has 2 heterocycles. The highest BCUT2D eigenvalue weighted by Gasteiger charge is 2.13. The van der Waals surface area contributed by atoms with Gasteiger partial charge in [-0.2, -0.15) is 0 Å². The second kappa shape index (κ2) is 5.28. The molecule has 0 aliphatic carbocycles. The van der Waals surface area contributed by atoms with Crippen LogP contribution >= 0.6 is 0 Å². The summed E-state index contributed by atoms with van der Waals surface area (Å²) in [6.45, 7) is 4.54. The molecule has 1 aromatic rings. The third-order valence-electron chi connectivity index (χ3n) is 2.70. The number of aryl methyl sites for hydroxylation is 1. The Bertz CT molecular complexity index is 293. The second-order valence-corrected chi connectivity index (χ2v) is 3.93. The van der Waals surface area contributed by atoms with Crippen molar-refractivity contribution in [3.05, 3.63) is 17.5 Å². The molecular weight excluding hydrogens is 192 g/mol. The van der Waals surface area contributed by atoms with Crippen molar-refractivity contribution in [2.45, 2.75) is 38.8 Å². The molecule has 84 valence electrons. The number of ether oxygens (including phenoxy) is 1. The van der Waals surface area contributed by atoms with Crippen LogP contribution in [-0.4, -0.2) is 24.4 Å². The van der Waals surface area contributed by atoms with Crippen LogP contribution in [-0.2, 0) is 17.7 Å². The number of hydrogen-bond acceptors (Lipinski definition) is 4. The number of rotatable bonds is 4. The Morgan fingerprint density at radius 3 is 3.20 bits per heavy atom. The van der Waals surface area contributed by atoms with Crippen LogP contribution in [0.25, 0.3) is 0 Å². The highest BCUT2D eigenvalue weighted by molar-refractivity contribution is 5.04. The van der Waals surface area contributed by atoms with Crippen molar-refractivity contribution < 1.29 is 9.26 Å². The van der Waals surface area contributed by atoms with Crippen molar-refractivity contribution in [3.63, 3.8) is 0 Å². The van der Waals surface area contributed by atoms with Gasteiger partial charge in [0.25, 0.3) is 0 Å². The Hall–Kier alpha value is -0.870. The lowest BCUT2D eigenvalue weighted by Crippen LogP contribution is -2.36. The third kappa shape index (κ3) is 3.04. The van der Waals surface area contributed by atoms with E-state index in [9.17, 15) is 0 Å². The van der Waals surface area contributed by atoms with Gasteiger partial charge in [-0.1, -0.05) is 12.1 Å². The summed E-state index contributed by atoms with van der Waals surface area (Å²) in [7, 11) is 0. The van der Waals surface area contributed by atoms with Gasteiger partial charge in [0.15, 0.2) is 5.76 Å². The minimum Gasteiger partial charge on any atom is -0.380 e. The smallest absolute Gasteiger partial charge is 0.150 e. The minimum atomic E-state index is 0.467. The molecule has 0 aromatic carbocycles. The molecule has 0 radical (unpaired) electrons. The Morgan fingerprint density at radius 1 is 1.60 bits per heavy atom. The number of aromatic nitrogens is 1. The molecule has 1 atom stereocenters. The SMILES string of the molecule is CCc1cc(CNC2CCCOC2)on1. The van der Waals surface area contributed by atoms with Gasteiger partial charge < -0.3 is 14.6 Å². The zero-order valence-electron chi connectivity index (χ0n) is 9.16. The molecule has 1 saturated heterocycles. The summed E-state index contributed by atoms with van der Waals surface area (Å²) in [4.78, 5) is 0. The summed E-state index contributed by atoms with van der Waals surface area (Å²) in [6.07, 6.45) is 3.26. The van der Waals surface area contributed by atoms with E-state index >= 15 is 0 Å². The van der Waals surface area contributed by atoms with Crippen LogP contribution < -0.4 is 5.32 Å². The first-order chi connectivity index (χ1) is 7.38. The monoisotopic (exact) mass is 210 g/mol. The van der Waals surface area contributed by atoms with Gasteiger partial charge >= 0.3 is 0 Å². The molecule has 1 N–H and O–H groups in total. The second-order valence-electron chi connectivity index (χ2n) is 3.93. The topological polar surface area (TPSA) is 47.3 Å². The van der Waals surface area contributed by atoms with Crippen LogP contribution in [0.4, 0.5) is 0 Å². The van der Waals surface area contributed by atoms with E-state index in [-0.39, 0.29) is 0 Å². The Labute approximate surface area is 90.0 Å². The molecule has 1 fully saturated rings. The zero-order valence-corrected chi connectivity index (χ0v) is 9.16. The predicted octanol–water partition coefficient (Wildman–Crippen LogP) is 1.51. The molecule has 0 spiro atoms. The highest BCUT2D eigenvalue weighted by Crippen LogP contribution is 2.08. The maximum Gasteiger partial charge on any atom is 0.150 e. The number of nitrogens with one attached hydrogen (secondary N) is 1. The van der Waals surface area contributed by atoms with Crippen molar-refractivity contribution in [2.75, 3.05) is 13.2 Å². The van der Waals surface area contributed by atoms with E-state index in [0.717, 1.165) is 44.1 Å². The normalized spacial score (nSPS) is 21.8.